The van der Waals surface area contributed by atoms with Gasteiger partial charge in [-0.05, 0) is 43.7 Å². The van der Waals surface area contributed by atoms with Gasteiger partial charge in [0.1, 0.15) is 0 Å². The van der Waals surface area contributed by atoms with Gasteiger partial charge >= 0.3 is 0 Å². The number of amides is 2. The molecule has 0 radical (unpaired) electrons. The maximum atomic E-state index is 13.8. The van der Waals surface area contributed by atoms with E-state index in [-0.39, 0.29) is 41.4 Å². The molecular formula is C30H30N2O4. The fraction of sp³-hybridized carbons (Fsp3) is 0.400. The quantitative estimate of drug-likeness (QED) is 0.613. The summed E-state index contributed by atoms with van der Waals surface area (Å²) >= 11 is 0. The van der Waals surface area contributed by atoms with Crippen LogP contribution in [-0.4, -0.2) is 40.4 Å². The molecule has 1 aliphatic heterocycles. The van der Waals surface area contributed by atoms with Crippen molar-refractivity contribution in [2.45, 2.75) is 69.9 Å². The van der Waals surface area contributed by atoms with E-state index >= 15 is 0 Å². The third-order valence-corrected chi connectivity index (χ3v) is 8.39. The van der Waals surface area contributed by atoms with E-state index in [1.54, 1.807) is 48.5 Å². The molecule has 3 aliphatic carbocycles. The SMILES string of the molecule is O=C1C(N[C@@H]2CCCC[C@H]2N2C(=O)c3ccccc3C2=O)=C(C2CCCCC2)C(=O)c2ccccc21. The summed E-state index contributed by atoms with van der Waals surface area (Å²) < 4.78 is 0. The van der Waals surface area contributed by atoms with Crippen molar-refractivity contribution < 1.29 is 19.2 Å². The Labute approximate surface area is 210 Å². The first-order valence-electron chi connectivity index (χ1n) is 13.2. The molecule has 6 nitrogen and oxygen atoms in total. The Balaban J connectivity index is 1.38. The van der Waals surface area contributed by atoms with Gasteiger partial charge in [-0.25, -0.2) is 0 Å². The number of carbonyl (C=O) groups excluding carboxylic acids is 4. The summed E-state index contributed by atoms with van der Waals surface area (Å²) in [7, 11) is 0. The van der Waals surface area contributed by atoms with Gasteiger partial charge in [0.2, 0.25) is 5.78 Å². The Morgan fingerprint density at radius 1 is 0.611 bits per heavy atom. The third-order valence-electron chi connectivity index (χ3n) is 8.39. The Hall–Kier alpha value is -3.54. The smallest absolute Gasteiger partial charge is 0.261 e. The van der Waals surface area contributed by atoms with Crippen molar-refractivity contribution in [1.82, 2.24) is 10.2 Å². The first-order chi connectivity index (χ1) is 17.6. The second-order valence-electron chi connectivity index (χ2n) is 10.5. The number of benzene rings is 2. The fourth-order valence-corrected chi connectivity index (χ4v) is 6.60. The van der Waals surface area contributed by atoms with Crippen LogP contribution in [0.2, 0.25) is 0 Å². The largest absolute Gasteiger partial charge is 0.377 e. The molecule has 0 unspecified atom stereocenters. The minimum absolute atomic E-state index is 0.0485. The highest BCUT2D eigenvalue weighted by atomic mass is 16.2. The topological polar surface area (TPSA) is 83.6 Å². The zero-order chi connectivity index (χ0) is 24.8. The average Bonchev–Trinajstić information content (AvgIpc) is 3.18. The predicted octanol–water partition coefficient (Wildman–Crippen LogP) is 5.10. The van der Waals surface area contributed by atoms with E-state index in [2.05, 4.69) is 5.32 Å². The van der Waals surface area contributed by atoms with Crippen LogP contribution in [0.5, 0.6) is 0 Å². The second kappa shape index (κ2) is 9.16. The first kappa shape index (κ1) is 22.9. The van der Waals surface area contributed by atoms with Crippen LogP contribution in [-0.2, 0) is 0 Å². The van der Waals surface area contributed by atoms with Crippen molar-refractivity contribution in [3.63, 3.8) is 0 Å². The molecule has 0 bridgehead atoms. The van der Waals surface area contributed by atoms with Gasteiger partial charge in [0, 0.05) is 22.7 Å². The van der Waals surface area contributed by atoms with E-state index in [4.69, 9.17) is 0 Å². The highest BCUT2D eigenvalue weighted by Gasteiger charge is 2.45. The molecule has 36 heavy (non-hydrogen) atoms. The predicted molar refractivity (Wildman–Crippen MR) is 135 cm³/mol. The van der Waals surface area contributed by atoms with Gasteiger partial charge in [0.05, 0.1) is 22.9 Å². The highest BCUT2D eigenvalue weighted by Crippen LogP contribution is 2.38. The summed E-state index contributed by atoms with van der Waals surface area (Å²) in [6.45, 7) is 0. The molecule has 4 aliphatic rings. The molecule has 0 saturated heterocycles. The number of imide groups is 1. The minimum atomic E-state index is -0.369. The molecule has 2 atom stereocenters. The maximum Gasteiger partial charge on any atom is 0.261 e. The molecule has 2 fully saturated rings. The molecule has 2 aromatic rings. The lowest BCUT2D eigenvalue weighted by atomic mass is 9.75. The molecule has 6 rings (SSSR count). The molecule has 184 valence electrons. The van der Waals surface area contributed by atoms with E-state index in [0.29, 0.717) is 39.9 Å². The Bertz CT molecular complexity index is 1270. The zero-order valence-corrected chi connectivity index (χ0v) is 20.3. The molecule has 6 heteroatoms. The first-order valence-corrected chi connectivity index (χ1v) is 13.2. The van der Waals surface area contributed by atoms with E-state index in [1.165, 1.54) is 4.90 Å². The Kier molecular flexibility index (Phi) is 5.82. The number of nitrogens with zero attached hydrogens (tertiary/aromatic N) is 1. The highest BCUT2D eigenvalue weighted by molar-refractivity contribution is 6.27. The van der Waals surface area contributed by atoms with E-state index in [1.807, 2.05) is 0 Å². The number of Topliss-reactive ketones (excluding diaryl/α,β-unsaturated/α-hetero) is 2. The molecule has 0 aromatic heterocycles. The number of rotatable bonds is 4. The van der Waals surface area contributed by atoms with Crippen LogP contribution in [0.4, 0.5) is 0 Å². The van der Waals surface area contributed by atoms with Crippen LogP contribution in [0.15, 0.2) is 59.8 Å². The van der Waals surface area contributed by atoms with Crippen LogP contribution in [0.3, 0.4) is 0 Å². The van der Waals surface area contributed by atoms with E-state index in [0.717, 1.165) is 51.4 Å². The number of carbonyl (C=O) groups is 4. The Morgan fingerprint density at radius 2 is 1.14 bits per heavy atom. The molecular weight excluding hydrogens is 452 g/mol. The number of nitrogens with one attached hydrogen (secondary N) is 1. The molecule has 1 heterocycles. The molecule has 2 saturated carbocycles. The number of allylic oxidation sites excluding steroid dienone is 2. The number of fused-ring (bicyclic) bond motifs is 2. The monoisotopic (exact) mass is 482 g/mol. The van der Waals surface area contributed by atoms with Crippen molar-refractivity contribution in [3.05, 3.63) is 82.1 Å². The van der Waals surface area contributed by atoms with Crippen molar-refractivity contribution in [3.8, 4) is 0 Å². The van der Waals surface area contributed by atoms with E-state index in [9.17, 15) is 19.2 Å². The maximum absolute atomic E-state index is 13.8. The van der Waals surface area contributed by atoms with Crippen LogP contribution < -0.4 is 5.32 Å². The van der Waals surface area contributed by atoms with Crippen molar-refractivity contribution in [1.29, 1.82) is 0 Å². The van der Waals surface area contributed by atoms with Gasteiger partial charge in [0.15, 0.2) is 5.78 Å². The molecule has 0 spiro atoms. The molecule has 2 aromatic carbocycles. The van der Waals surface area contributed by atoms with Crippen LogP contribution in [0, 0.1) is 5.92 Å². The third kappa shape index (κ3) is 3.62. The second-order valence-corrected chi connectivity index (χ2v) is 10.5. The van der Waals surface area contributed by atoms with Crippen molar-refractivity contribution >= 4 is 23.4 Å². The van der Waals surface area contributed by atoms with Crippen molar-refractivity contribution in [2.24, 2.45) is 5.92 Å². The zero-order valence-electron chi connectivity index (χ0n) is 20.3. The lowest BCUT2D eigenvalue weighted by Crippen LogP contribution is -2.54. The van der Waals surface area contributed by atoms with Gasteiger partial charge < -0.3 is 5.32 Å². The van der Waals surface area contributed by atoms with Crippen LogP contribution >= 0.6 is 0 Å². The molecule has 1 N–H and O–H groups in total. The summed E-state index contributed by atoms with van der Waals surface area (Å²) in [6.07, 6.45) is 8.27. The molecule has 2 amide bonds. The number of hydrogen-bond acceptors (Lipinski definition) is 5. The average molecular weight is 483 g/mol. The fourth-order valence-electron chi connectivity index (χ4n) is 6.60. The van der Waals surface area contributed by atoms with Gasteiger partial charge in [-0.1, -0.05) is 68.5 Å². The summed E-state index contributed by atoms with van der Waals surface area (Å²) in [5.74, 6) is -0.711. The van der Waals surface area contributed by atoms with Gasteiger partial charge in [-0.2, -0.15) is 0 Å². The number of ketones is 2. The normalized spacial score (nSPS) is 24.7. The van der Waals surface area contributed by atoms with Crippen molar-refractivity contribution in [2.75, 3.05) is 0 Å². The summed E-state index contributed by atoms with van der Waals surface area (Å²) in [5.41, 5.74) is 2.77. The van der Waals surface area contributed by atoms with Crippen LogP contribution in [0.25, 0.3) is 0 Å². The van der Waals surface area contributed by atoms with Crippen LogP contribution in [0.1, 0.15) is 99.2 Å². The summed E-state index contributed by atoms with van der Waals surface area (Å²) in [5, 5.41) is 3.48. The van der Waals surface area contributed by atoms with Gasteiger partial charge in [-0.3, -0.25) is 24.1 Å². The Morgan fingerprint density at radius 3 is 1.78 bits per heavy atom. The number of hydrogen-bond donors (Lipinski definition) is 1. The van der Waals surface area contributed by atoms with Gasteiger partial charge in [0.25, 0.3) is 11.8 Å². The minimum Gasteiger partial charge on any atom is -0.377 e. The van der Waals surface area contributed by atoms with E-state index < -0.39 is 0 Å². The van der Waals surface area contributed by atoms with Gasteiger partial charge in [-0.15, -0.1) is 0 Å². The lowest BCUT2D eigenvalue weighted by molar-refractivity contribution is 0.0509. The summed E-state index contributed by atoms with van der Waals surface area (Å²) in [6, 6.07) is 13.4. The standard InChI is InChI=1S/C30H30N2O4/c33-27-19-12-4-5-13-20(19)28(34)26(25(27)18-10-2-1-3-11-18)31-23-16-8-9-17-24(23)32-29(35)21-14-6-7-15-22(21)30(32)36/h4-7,12-15,18,23-24,31H,1-3,8-11,16-17H2/t23-,24-/m1/s1. The lowest BCUT2D eigenvalue weighted by Gasteiger charge is -2.39. The summed E-state index contributed by atoms with van der Waals surface area (Å²) in [4.78, 5) is 55.5.